The van der Waals surface area contributed by atoms with E-state index in [9.17, 15) is 61.0 Å². The van der Waals surface area contributed by atoms with Gasteiger partial charge in [-0.3, -0.25) is 4.79 Å². The predicted octanol–water partition coefficient (Wildman–Crippen LogP) is 0.911. The Morgan fingerprint density at radius 1 is 0.536 bits per heavy atom. The molecule has 0 spiro atoms. The largest absolute Gasteiger partial charge is 0.394 e. The van der Waals surface area contributed by atoms with Crippen LogP contribution in [-0.4, -0.2) is 193 Å². The second kappa shape index (κ2) is 34.4. The first kappa shape index (κ1) is 60.3. The molecule has 0 saturated carbocycles. The summed E-state index contributed by atoms with van der Waals surface area (Å²) in [7, 11) is 0. The van der Waals surface area contributed by atoms with Crippen LogP contribution in [-0.2, 0) is 33.2 Å². The van der Waals surface area contributed by atoms with Crippen molar-refractivity contribution in [2.45, 2.75) is 195 Å². The fourth-order valence-electron chi connectivity index (χ4n) is 7.60. The summed E-state index contributed by atoms with van der Waals surface area (Å²) < 4.78 is 33.9. The summed E-state index contributed by atoms with van der Waals surface area (Å²) in [6.07, 6.45) is 10.7. The van der Waals surface area contributed by atoms with Gasteiger partial charge in [0.1, 0.15) is 73.2 Å². The van der Waals surface area contributed by atoms with Crippen molar-refractivity contribution in [3.05, 3.63) is 85.1 Å². The number of carbonyl (C=O) groups is 1. The molecule has 0 aromatic rings. The standard InChI is InChI=1S/C50H81NO18/c1-3-5-7-9-11-12-13-14-15-16-17-18-19-20-22-24-26-28-38(56)51-33(34(55)27-25-23-21-10-8-6-4-2)32-64-48-44(62)41(59)46(36(30-53)66-48)69-50-45(63)42(60)47(37(31-54)67-50)68-49-43(61)40(58)39(57)35(29-52)65-49/h5,7-8,10-12,14-15,17-18,20,22,25,27,33-37,39-50,52-55,57-63H,3-4,6,9,13,16,19,21,23-24,26,28-32H2,1-2H3,(H,51,56)/b7-5-,10-8+,12-11-,15-14-,18-17-,22-20-,27-25+. The lowest BCUT2D eigenvalue weighted by molar-refractivity contribution is -0.379. The second-order valence-corrected chi connectivity index (χ2v) is 17.2. The Hall–Kier alpha value is -3.03. The number of carbonyl (C=O) groups excluding carboxylic acids is 1. The topological polar surface area (TPSA) is 307 Å². The number of hydrogen-bond acceptors (Lipinski definition) is 18. The van der Waals surface area contributed by atoms with E-state index in [1.54, 1.807) is 6.08 Å². The molecule has 12 N–H and O–H groups in total. The van der Waals surface area contributed by atoms with E-state index in [1.807, 2.05) is 12.2 Å². The number of allylic oxidation sites excluding steroid dienone is 13. The Morgan fingerprint density at radius 3 is 1.52 bits per heavy atom. The molecule has 0 aromatic heterocycles. The summed E-state index contributed by atoms with van der Waals surface area (Å²) in [4.78, 5) is 13.1. The van der Waals surface area contributed by atoms with E-state index >= 15 is 0 Å². The quantitative estimate of drug-likeness (QED) is 0.0339. The predicted molar refractivity (Wildman–Crippen MR) is 254 cm³/mol. The molecule has 3 rings (SSSR count). The minimum atomic E-state index is -1.99. The Kier molecular flexibility index (Phi) is 30.0. The highest BCUT2D eigenvalue weighted by molar-refractivity contribution is 5.76. The van der Waals surface area contributed by atoms with Gasteiger partial charge in [0.25, 0.3) is 0 Å². The van der Waals surface area contributed by atoms with Crippen LogP contribution in [0.4, 0.5) is 0 Å². The van der Waals surface area contributed by atoms with E-state index in [4.69, 9.17) is 28.4 Å². The molecule has 17 unspecified atom stereocenters. The van der Waals surface area contributed by atoms with Crippen LogP contribution in [0.1, 0.15) is 90.9 Å². The second-order valence-electron chi connectivity index (χ2n) is 17.2. The first-order valence-corrected chi connectivity index (χ1v) is 24.3. The molecule has 69 heavy (non-hydrogen) atoms. The van der Waals surface area contributed by atoms with E-state index in [0.717, 1.165) is 51.4 Å². The van der Waals surface area contributed by atoms with Crippen molar-refractivity contribution in [1.29, 1.82) is 0 Å². The molecule has 0 radical (unpaired) electrons. The van der Waals surface area contributed by atoms with Crippen molar-refractivity contribution in [3.8, 4) is 0 Å². The maximum absolute atomic E-state index is 13.1. The van der Waals surface area contributed by atoms with E-state index < -0.39 is 131 Å². The highest BCUT2D eigenvalue weighted by Gasteiger charge is 2.53. The average Bonchev–Trinajstić information content (AvgIpc) is 3.34. The molecule has 394 valence electrons. The Bertz CT molecular complexity index is 1600. The zero-order valence-corrected chi connectivity index (χ0v) is 40.0. The van der Waals surface area contributed by atoms with Crippen LogP contribution in [0.25, 0.3) is 0 Å². The number of hydrogen-bond donors (Lipinski definition) is 12. The summed E-state index contributed by atoms with van der Waals surface area (Å²) in [5, 5.41) is 119. The summed E-state index contributed by atoms with van der Waals surface area (Å²) in [5.74, 6) is -0.354. The van der Waals surface area contributed by atoms with E-state index in [0.29, 0.717) is 19.3 Å². The number of aliphatic hydroxyl groups is 11. The molecule has 1 amide bonds. The van der Waals surface area contributed by atoms with Crippen LogP contribution in [0.3, 0.4) is 0 Å². The third kappa shape index (κ3) is 20.5. The molecule has 0 aliphatic carbocycles. The summed E-state index contributed by atoms with van der Waals surface area (Å²) >= 11 is 0. The van der Waals surface area contributed by atoms with Crippen LogP contribution in [0.5, 0.6) is 0 Å². The van der Waals surface area contributed by atoms with Gasteiger partial charge in [0, 0.05) is 6.42 Å². The highest BCUT2D eigenvalue weighted by Crippen LogP contribution is 2.33. The summed E-state index contributed by atoms with van der Waals surface area (Å²) in [6.45, 7) is 1.35. The lowest BCUT2D eigenvalue weighted by Crippen LogP contribution is -2.66. The maximum Gasteiger partial charge on any atom is 0.220 e. The van der Waals surface area contributed by atoms with Gasteiger partial charge in [0.05, 0.1) is 38.6 Å². The molecule has 0 aromatic carbocycles. The molecule has 0 bridgehead atoms. The smallest absolute Gasteiger partial charge is 0.220 e. The third-order valence-electron chi connectivity index (χ3n) is 11.7. The lowest BCUT2D eigenvalue weighted by atomic mass is 9.96. The molecule has 19 heteroatoms. The fraction of sp³-hybridized carbons (Fsp3) is 0.700. The number of aliphatic hydroxyl groups excluding tert-OH is 11. The van der Waals surface area contributed by atoms with E-state index in [1.165, 1.54) is 6.08 Å². The summed E-state index contributed by atoms with van der Waals surface area (Å²) in [6, 6.07) is -1.02. The zero-order chi connectivity index (χ0) is 50.6. The third-order valence-corrected chi connectivity index (χ3v) is 11.7. The number of nitrogens with one attached hydrogen (secondary N) is 1. The van der Waals surface area contributed by atoms with Gasteiger partial charge in [0.2, 0.25) is 5.91 Å². The van der Waals surface area contributed by atoms with Crippen molar-refractivity contribution in [1.82, 2.24) is 5.32 Å². The van der Waals surface area contributed by atoms with Crippen LogP contribution >= 0.6 is 0 Å². The molecule has 3 aliphatic heterocycles. The Balaban J connectivity index is 1.56. The normalized spacial score (nSPS) is 33.6. The molecular formula is C50H81NO18. The highest BCUT2D eigenvalue weighted by atomic mass is 16.8. The van der Waals surface area contributed by atoms with Gasteiger partial charge in [-0.1, -0.05) is 105 Å². The Labute approximate surface area is 406 Å². The van der Waals surface area contributed by atoms with Gasteiger partial charge in [0.15, 0.2) is 18.9 Å². The average molecular weight is 984 g/mol. The molecule has 3 aliphatic rings. The minimum Gasteiger partial charge on any atom is -0.394 e. The van der Waals surface area contributed by atoms with Crippen molar-refractivity contribution in [3.63, 3.8) is 0 Å². The Morgan fingerprint density at radius 2 is 0.986 bits per heavy atom. The van der Waals surface area contributed by atoms with Gasteiger partial charge in [-0.15, -0.1) is 0 Å². The van der Waals surface area contributed by atoms with E-state index in [-0.39, 0.29) is 12.3 Å². The number of ether oxygens (including phenoxy) is 6. The van der Waals surface area contributed by atoms with E-state index in [2.05, 4.69) is 79.9 Å². The monoisotopic (exact) mass is 984 g/mol. The van der Waals surface area contributed by atoms with Gasteiger partial charge >= 0.3 is 0 Å². The van der Waals surface area contributed by atoms with Gasteiger partial charge in [-0.25, -0.2) is 0 Å². The maximum atomic E-state index is 13.1. The lowest BCUT2D eigenvalue weighted by Gasteiger charge is -2.48. The van der Waals surface area contributed by atoms with Gasteiger partial charge < -0.3 is 89.9 Å². The molecule has 3 heterocycles. The minimum absolute atomic E-state index is 0.151. The van der Waals surface area contributed by atoms with Crippen LogP contribution in [0.15, 0.2) is 85.1 Å². The molecular weight excluding hydrogens is 903 g/mol. The molecule has 19 nitrogen and oxygen atoms in total. The molecule has 3 saturated heterocycles. The van der Waals surface area contributed by atoms with Crippen LogP contribution in [0, 0.1) is 0 Å². The molecule has 3 fully saturated rings. The first-order valence-electron chi connectivity index (χ1n) is 24.3. The number of rotatable bonds is 31. The summed E-state index contributed by atoms with van der Waals surface area (Å²) in [5.41, 5.74) is 0. The van der Waals surface area contributed by atoms with Crippen molar-refractivity contribution >= 4 is 5.91 Å². The van der Waals surface area contributed by atoms with Gasteiger partial charge in [-0.2, -0.15) is 0 Å². The van der Waals surface area contributed by atoms with Crippen LogP contribution in [0.2, 0.25) is 0 Å². The van der Waals surface area contributed by atoms with Crippen molar-refractivity contribution < 1.29 is 89.4 Å². The SMILES string of the molecule is CC/C=C\C/C=C\C/C=C\C/C=C\C/C=C\CCCC(=O)NC(COC1OC(CO)C(OC2OC(CO)C(OC3OC(CO)C(O)C(O)C3O)C(O)C2O)C(O)C1O)C(O)/C=C/CC/C=C/CCC. The zero-order valence-electron chi connectivity index (χ0n) is 40.0. The van der Waals surface area contributed by atoms with Crippen molar-refractivity contribution in [2.24, 2.45) is 0 Å². The number of unbranched alkanes of at least 4 members (excludes halogenated alkanes) is 3. The van der Waals surface area contributed by atoms with Crippen LogP contribution < -0.4 is 5.32 Å². The fourth-order valence-corrected chi connectivity index (χ4v) is 7.60. The van der Waals surface area contributed by atoms with Crippen molar-refractivity contribution in [2.75, 3.05) is 26.4 Å². The molecule has 17 atom stereocenters. The number of amides is 1. The van der Waals surface area contributed by atoms with Gasteiger partial charge in [-0.05, 0) is 64.2 Å². The first-order chi connectivity index (χ1) is 33.3.